The number of aryl methyl sites for hydroxylation is 1. The van der Waals surface area contributed by atoms with Crippen LogP contribution in [0.1, 0.15) is 27.4 Å². The number of benzene rings is 1. The van der Waals surface area contributed by atoms with Crippen LogP contribution in [-0.4, -0.2) is 35.5 Å². The van der Waals surface area contributed by atoms with Crippen LogP contribution in [0, 0.1) is 17.0 Å². The van der Waals surface area contributed by atoms with E-state index >= 15 is 0 Å². The van der Waals surface area contributed by atoms with Crippen molar-refractivity contribution in [1.82, 2.24) is 24.7 Å². The topological polar surface area (TPSA) is 134 Å². The highest BCUT2D eigenvalue weighted by Crippen LogP contribution is 2.25. The summed E-state index contributed by atoms with van der Waals surface area (Å²) in [6, 6.07) is 8.10. The number of anilines is 1. The molecule has 0 aliphatic heterocycles. The first kappa shape index (κ1) is 21.5. The SMILES string of the molecule is Cc1onc(C(=O)Nc2ccn(Cc3c(Cl)cccc3Cl)n2)c1Cn1ccc([N+](=O)[O-])n1. The van der Waals surface area contributed by atoms with E-state index in [1.165, 1.54) is 16.9 Å². The molecule has 0 saturated heterocycles. The summed E-state index contributed by atoms with van der Waals surface area (Å²) in [6.45, 7) is 2.03. The number of amides is 1. The maximum absolute atomic E-state index is 12.8. The third kappa shape index (κ3) is 4.48. The number of aromatic nitrogens is 5. The zero-order chi connectivity index (χ0) is 22.8. The molecule has 0 spiro atoms. The van der Waals surface area contributed by atoms with E-state index in [1.54, 1.807) is 42.1 Å². The molecule has 4 aromatic rings. The summed E-state index contributed by atoms with van der Waals surface area (Å²) in [7, 11) is 0. The van der Waals surface area contributed by atoms with Gasteiger partial charge in [0.05, 0.1) is 36.0 Å². The quantitative estimate of drug-likeness (QED) is 0.315. The molecular formula is C19H15Cl2N7O4. The molecule has 0 fully saturated rings. The first-order chi connectivity index (χ1) is 15.3. The van der Waals surface area contributed by atoms with Gasteiger partial charge in [0.1, 0.15) is 5.76 Å². The highest BCUT2D eigenvalue weighted by Gasteiger charge is 2.23. The predicted molar refractivity (Wildman–Crippen MR) is 115 cm³/mol. The first-order valence-corrected chi connectivity index (χ1v) is 9.98. The summed E-state index contributed by atoms with van der Waals surface area (Å²) >= 11 is 12.4. The number of nitrogens with zero attached hydrogens (tertiary/aromatic N) is 6. The second-order valence-electron chi connectivity index (χ2n) is 6.75. The molecule has 3 aromatic heterocycles. The molecule has 3 heterocycles. The highest BCUT2D eigenvalue weighted by atomic mass is 35.5. The van der Waals surface area contributed by atoms with E-state index in [-0.39, 0.29) is 18.1 Å². The molecular weight excluding hydrogens is 461 g/mol. The molecule has 1 amide bonds. The fourth-order valence-corrected chi connectivity index (χ4v) is 3.51. The first-order valence-electron chi connectivity index (χ1n) is 9.22. The Bertz CT molecular complexity index is 1290. The Balaban J connectivity index is 1.48. The van der Waals surface area contributed by atoms with Crippen LogP contribution in [0.5, 0.6) is 0 Å². The van der Waals surface area contributed by atoms with Crippen molar-refractivity contribution < 1.29 is 14.2 Å². The average Bonchev–Trinajstić information content (AvgIpc) is 3.47. The largest absolute Gasteiger partial charge is 0.389 e. The van der Waals surface area contributed by atoms with E-state index in [0.29, 0.717) is 39.3 Å². The van der Waals surface area contributed by atoms with Gasteiger partial charge >= 0.3 is 5.82 Å². The Labute approximate surface area is 190 Å². The number of hydrogen-bond donors (Lipinski definition) is 1. The van der Waals surface area contributed by atoms with Gasteiger partial charge in [-0.25, -0.2) is 0 Å². The minimum Gasteiger partial charge on any atom is -0.361 e. The Kier molecular flexibility index (Phi) is 5.93. The normalized spacial score (nSPS) is 11.0. The van der Waals surface area contributed by atoms with Crippen molar-refractivity contribution in [3.63, 3.8) is 0 Å². The van der Waals surface area contributed by atoms with Crippen molar-refractivity contribution in [1.29, 1.82) is 0 Å². The molecule has 0 unspecified atom stereocenters. The average molecular weight is 476 g/mol. The lowest BCUT2D eigenvalue weighted by molar-refractivity contribution is -0.389. The molecule has 4 rings (SSSR count). The molecule has 32 heavy (non-hydrogen) atoms. The van der Waals surface area contributed by atoms with Crippen molar-refractivity contribution in [2.24, 2.45) is 0 Å². The third-order valence-electron chi connectivity index (χ3n) is 4.60. The summed E-state index contributed by atoms with van der Waals surface area (Å²) in [5.41, 5.74) is 1.19. The zero-order valence-corrected chi connectivity index (χ0v) is 18.0. The van der Waals surface area contributed by atoms with Gasteiger partial charge in [-0.2, -0.15) is 9.78 Å². The Hall–Kier alpha value is -3.70. The molecule has 11 nitrogen and oxygen atoms in total. The van der Waals surface area contributed by atoms with Gasteiger partial charge in [0.2, 0.25) is 0 Å². The molecule has 1 N–H and O–H groups in total. The number of halogens is 2. The molecule has 0 aliphatic rings. The van der Waals surface area contributed by atoms with Crippen molar-refractivity contribution in [3.05, 3.63) is 85.5 Å². The monoisotopic (exact) mass is 475 g/mol. The van der Waals surface area contributed by atoms with Crippen LogP contribution in [0.15, 0.2) is 47.2 Å². The van der Waals surface area contributed by atoms with Crippen molar-refractivity contribution in [2.45, 2.75) is 20.0 Å². The number of rotatable bonds is 7. The second-order valence-corrected chi connectivity index (χ2v) is 7.56. The summed E-state index contributed by atoms with van der Waals surface area (Å²) < 4.78 is 8.06. The molecule has 0 aliphatic carbocycles. The summed E-state index contributed by atoms with van der Waals surface area (Å²) in [6.07, 6.45) is 3.11. The number of nitro groups is 1. The van der Waals surface area contributed by atoms with Gasteiger partial charge < -0.3 is 20.0 Å². The Morgan fingerprint density at radius 3 is 2.44 bits per heavy atom. The van der Waals surface area contributed by atoms with Gasteiger partial charge in [-0.15, -0.1) is 0 Å². The van der Waals surface area contributed by atoms with Crippen LogP contribution in [0.4, 0.5) is 11.6 Å². The lowest BCUT2D eigenvalue weighted by atomic mass is 10.2. The number of carbonyl (C=O) groups excluding carboxylic acids is 1. The fourth-order valence-electron chi connectivity index (χ4n) is 2.99. The van der Waals surface area contributed by atoms with Crippen LogP contribution in [0.3, 0.4) is 0 Å². The van der Waals surface area contributed by atoms with Crippen molar-refractivity contribution in [2.75, 3.05) is 5.32 Å². The minimum absolute atomic E-state index is 0.0318. The van der Waals surface area contributed by atoms with Gasteiger partial charge in [0, 0.05) is 27.9 Å². The molecule has 0 bridgehead atoms. The van der Waals surface area contributed by atoms with E-state index in [0.717, 1.165) is 0 Å². The number of carbonyl (C=O) groups is 1. The van der Waals surface area contributed by atoms with Crippen LogP contribution in [0.2, 0.25) is 10.0 Å². The molecule has 0 atom stereocenters. The van der Waals surface area contributed by atoms with E-state index in [4.69, 9.17) is 27.7 Å². The van der Waals surface area contributed by atoms with Crippen LogP contribution in [-0.2, 0) is 13.1 Å². The number of hydrogen-bond acceptors (Lipinski definition) is 7. The summed E-state index contributed by atoms with van der Waals surface area (Å²) in [5, 5.41) is 26.5. The molecule has 0 radical (unpaired) electrons. The summed E-state index contributed by atoms with van der Waals surface area (Å²) in [4.78, 5) is 23.0. The Morgan fingerprint density at radius 1 is 1.09 bits per heavy atom. The standard InChI is InChI=1S/C19H15Cl2N7O4/c1-11-12(9-27-8-6-17(24-27)28(30)31)18(25-32-11)19(29)22-16-5-7-26(23-16)10-13-14(20)3-2-4-15(13)21/h2-8H,9-10H2,1H3,(H,22,23,29). The van der Waals surface area contributed by atoms with Gasteiger partial charge in [0.25, 0.3) is 5.91 Å². The van der Waals surface area contributed by atoms with E-state index in [2.05, 4.69) is 20.7 Å². The van der Waals surface area contributed by atoms with Crippen molar-refractivity contribution in [3.8, 4) is 0 Å². The second kappa shape index (κ2) is 8.81. The lowest BCUT2D eigenvalue weighted by Crippen LogP contribution is -2.16. The minimum atomic E-state index is -0.600. The molecule has 0 saturated carbocycles. The highest BCUT2D eigenvalue weighted by molar-refractivity contribution is 6.35. The van der Waals surface area contributed by atoms with Gasteiger partial charge in [-0.05, 0) is 24.0 Å². The smallest absolute Gasteiger partial charge is 0.361 e. The summed E-state index contributed by atoms with van der Waals surface area (Å²) in [5.74, 6) is -0.152. The van der Waals surface area contributed by atoms with E-state index in [9.17, 15) is 14.9 Å². The molecule has 164 valence electrons. The van der Waals surface area contributed by atoms with Gasteiger partial charge in [-0.3, -0.25) is 9.48 Å². The maximum atomic E-state index is 12.8. The van der Waals surface area contributed by atoms with Crippen LogP contribution >= 0.6 is 23.2 Å². The van der Waals surface area contributed by atoms with Crippen LogP contribution in [0.25, 0.3) is 0 Å². The van der Waals surface area contributed by atoms with Gasteiger partial charge in [-0.1, -0.05) is 34.4 Å². The predicted octanol–water partition coefficient (Wildman–Crippen LogP) is 3.94. The van der Waals surface area contributed by atoms with Crippen molar-refractivity contribution >= 4 is 40.7 Å². The third-order valence-corrected chi connectivity index (χ3v) is 5.31. The molecule has 13 heteroatoms. The van der Waals surface area contributed by atoms with Gasteiger partial charge in [0.15, 0.2) is 11.5 Å². The Morgan fingerprint density at radius 2 is 1.75 bits per heavy atom. The number of nitrogens with one attached hydrogen (secondary N) is 1. The molecule has 1 aromatic carbocycles. The fraction of sp³-hybridized carbons (Fsp3) is 0.158. The van der Waals surface area contributed by atoms with E-state index in [1.807, 2.05) is 0 Å². The lowest BCUT2D eigenvalue weighted by Gasteiger charge is -2.07. The van der Waals surface area contributed by atoms with Crippen LogP contribution < -0.4 is 5.32 Å². The van der Waals surface area contributed by atoms with E-state index < -0.39 is 10.8 Å². The zero-order valence-electron chi connectivity index (χ0n) is 16.5. The maximum Gasteiger partial charge on any atom is 0.389 e.